The number of rotatable bonds is 2. The van der Waals surface area contributed by atoms with E-state index < -0.39 is 0 Å². The molecule has 4 heteroatoms. The molecule has 0 spiro atoms. The predicted octanol–water partition coefficient (Wildman–Crippen LogP) is 3.82. The molecule has 1 aliphatic heterocycles. The lowest BCUT2D eigenvalue weighted by Gasteiger charge is -2.38. The van der Waals surface area contributed by atoms with Crippen molar-refractivity contribution in [3.63, 3.8) is 0 Å². The van der Waals surface area contributed by atoms with Crippen molar-refractivity contribution in [2.75, 3.05) is 36.4 Å². The van der Waals surface area contributed by atoms with Gasteiger partial charge in [0.1, 0.15) is 0 Å². The SMILES string of the molecule is Cc1ccc(C)c(N2CCN(C(=S)Nc3ccccc3)CC2)c1. The second-order valence-corrected chi connectivity index (χ2v) is 6.45. The first kappa shape index (κ1) is 15.8. The van der Waals surface area contributed by atoms with Crippen LogP contribution in [0.2, 0.25) is 0 Å². The molecule has 1 N–H and O–H groups in total. The maximum absolute atomic E-state index is 5.55. The number of para-hydroxylation sites is 1. The molecule has 0 amide bonds. The van der Waals surface area contributed by atoms with Crippen molar-refractivity contribution in [1.29, 1.82) is 0 Å². The fourth-order valence-electron chi connectivity index (χ4n) is 2.93. The molecule has 120 valence electrons. The Morgan fingerprint density at radius 3 is 2.35 bits per heavy atom. The van der Waals surface area contributed by atoms with E-state index in [2.05, 4.69) is 47.2 Å². The minimum Gasteiger partial charge on any atom is -0.368 e. The van der Waals surface area contributed by atoms with Crippen molar-refractivity contribution in [1.82, 2.24) is 4.90 Å². The number of aryl methyl sites for hydroxylation is 2. The van der Waals surface area contributed by atoms with Gasteiger partial charge in [0.15, 0.2) is 5.11 Å². The lowest BCUT2D eigenvalue weighted by Crippen LogP contribution is -2.50. The number of hydrogen-bond acceptors (Lipinski definition) is 2. The summed E-state index contributed by atoms with van der Waals surface area (Å²) in [5.41, 5.74) is 5.06. The van der Waals surface area contributed by atoms with Crippen LogP contribution in [0.4, 0.5) is 11.4 Å². The third-order valence-electron chi connectivity index (χ3n) is 4.30. The van der Waals surface area contributed by atoms with E-state index in [9.17, 15) is 0 Å². The zero-order valence-electron chi connectivity index (χ0n) is 13.7. The van der Waals surface area contributed by atoms with Crippen LogP contribution in [0.3, 0.4) is 0 Å². The number of nitrogens with zero attached hydrogens (tertiary/aromatic N) is 2. The number of hydrogen-bond donors (Lipinski definition) is 1. The summed E-state index contributed by atoms with van der Waals surface area (Å²) in [6, 6.07) is 16.8. The number of nitrogens with one attached hydrogen (secondary N) is 1. The average molecular weight is 325 g/mol. The molecule has 0 unspecified atom stereocenters. The Balaban J connectivity index is 1.60. The maximum atomic E-state index is 5.55. The molecule has 0 saturated carbocycles. The summed E-state index contributed by atoms with van der Waals surface area (Å²) < 4.78 is 0. The Bertz CT molecular complexity index is 676. The van der Waals surface area contributed by atoms with E-state index in [1.54, 1.807) is 0 Å². The van der Waals surface area contributed by atoms with Crippen molar-refractivity contribution in [2.24, 2.45) is 0 Å². The van der Waals surface area contributed by atoms with Gasteiger partial charge in [0.25, 0.3) is 0 Å². The summed E-state index contributed by atoms with van der Waals surface area (Å²) in [5, 5.41) is 4.14. The Labute approximate surface area is 143 Å². The Morgan fingerprint density at radius 1 is 0.957 bits per heavy atom. The Morgan fingerprint density at radius 2 is 1.65 bits per heavy atom. The monoisotopic (exact) mass is 325 g/mol. The van der Waals surface area contributed by atoms with Crippen LogP contribution < -0.4 is 10.2 Å². The van der Waals surface area contributed by atoms with Crippen LogP contribution in [0, 0.1) is 13.8 Å². The molecule has 3 nitrogen and oxygen atoms in total. The van der Waals surface area contributed by atoms with E-state index in [1.165, 1.54) is 16.8 Å². The first-order valence-corrected chi connectivity index (χ1v) is 8.47. The smallest absolute Gasteiger partial charge is 0.173 e. The highest BCUT2D eigenvalue weighted by Crippen LogP contribution is 2.23. The first-order valence-electron chi connectivity index (χ1n) is 8.06. The molecule has 1 aliphatic rings. The van der Waals surface area contributed by atoms with E-state index in [4.69, 9.17) is 12.2 Å². The highest BCUT2D eigenvalue weighted by atomic mass is 32.1. The third kappa shape index (κ3) is 3.82. The summed E-state index contributed by atoms with van der Waals surface area (Å²) >= 11 is 5.55. The van der Waals surface area contributed by atoms with Crippen molar-refractivity contribution >= 4 is 28.7 Å². The standard InChI is InChI=1S/C19H23N3S/c1-15-8-9-16(2)18(14-15)21-10-12-22(13-11-21)19(23)20-17-6-4-3-5-7-17/h3-9,14H,10-13H2,1-2H3,(H,20,23). The summed E-state index contributed by atoms with van der Waals surface area (Å²) in [6.07, 6.45) is 0. The van der Waals surface area contributed by atoms with E-state index in [-0.39, 0.29) is 0 Å². The van der Waals surface area contributed by atoms with E-state index >= 15 is 0 Å². The lowest BCUT2D eigenvalue weighted by atomic mass is 10.1. The van der Waals surface area contributed by atoms with Gasteiger partial charge in [0.05, 0.1) is 0 Å². The number of anilines is 2. The van der Waals surface area contributed by atoms with Gasteiger partial charge in [-0.25, -0.2) is 0 Å². The van der Waals surface area contributed by atoms with E-state index in [0.29, 0.717) is 0 Å². The number of thiocarbonyl (C=S) groups is 1. The largest absolute Gasteiger partial charge is 0.368 e. The molecule has 0 aliphatic carbocycles. The van der Waals surface area contributed by atoms with Crippen molar-refractivity contribution in [3.8, 4) is 0 Å². The predicted molar refractivity (Wildman–Crippen MR) is 102 cm³/mol. The number of piperazine rings is 1. The molecule has 1 saturated heterocycles. The summed E-state index contributed by atoms with van der Waals surface area (Å²) in [6.45, 7) is 8.24. The van der Waals surface area contributed by atoms with Crippen molar-refractivity contribution in [3.05, 3.63) is 59.7 Å². The molecule has 2 aromatic carbocycles. The van der Waals surface area contributed by atoms with E-state index in [0.717, 1.165) is 37.0 Å². The second-order valence-electron chi connectivity index (χ2n) is 6.06. The van der Waals surface area contributed by atoms with Crippen LogP contribution in [0.15, 0.2) is 48.5 Å². The average Bonchev–Trinajstić information content (AvgIpc) is 2.58. The summed E-state index contributed by atoms with van der Waals surface area (Å²) in [7, 11) is 0. The fourth-order valence-corrected chi connectivity index (χ4v) is 3.24. The second kappa shape index (κ2) is 7.01. The summed E-state index contributed by atoms with van der Waals surface area (Å²) in [5.74, 6) is 0. The molecule has 1 heterocycles. The molecular weight excluding hydrogens is 302 g/mol. The molecular formula is C19H23N3S. The minimum atomic E-state index is 0.816. The Kier molecular flexibility index (Phi) is 4.82. The van der Waals surface area contributed by atoms with Gasteiger partial charge in [0.2, 0.25) is 0 Å². The molecule has 23 heavy (non-hydrogen) atoms. The molecule has 3 rings (SSSR count). The highest BCUT2D eigenvalue weighted by Gasteiger charge is 2.20. The normalized spacial score (nSPS) is 14.7. The van der Waals surface area contributed by atoms with Gasteiger partial charge in [-0.3, -0.25) is 0 Å². The van der Waals surface area contributed by atoms with Crippen LogP contribution in [-0.4, -0.2) is 36.2 Å². The van der Waals surface area contributed by atoms with Gasteiger partial charge < -0.3 is 15.1 Å². The zero-order chi connectivity index (χ0) is 16.2. The van der Waals surface area contributed by atoms with Crippen LogP contribution in [-0.2, 0) is 0 Å². The quantitative estimate of drug-likeness (QED) is 0.846. The van der Waals surface area contributed by atoms with E-state index in [1.807, 2.05) is 30.3 Å². The maximum Gasteiger partial charge on any atom is 0.173 e. The molecule has 1 fully saturated rings. The zero-order valence-corrected chi connectivity index (χ0v) is 14.6. The van der Waals surface area contributed by atoms with Gasteiger partial charge in [-0.05, 0) is 55.4 Å². The first-order chi connectivity index (χ1) is 11.1. The van der Waals surface area contributed by atoms with Crippen molar-refractivity contribution < 1.29 is 0 Å². The van der Waals surface area contributed by atoms with Crippen LogP contribution in [0.1, 0.15) is 11.1 Å². The van der Waals surface area contributed by atoms with Gasteiger partial charge in [-0.15, -0.1) is 0 Å². The fraction of sp³-hybridized carbons (Fsp3) is 0.316. The molecule has 0 atom stereocenters. The van der Waals surface area contributed by atoms with Crippen LogP contribution in [0.5, 0.6) is 0 Å². The number of benzene rings is 2. The van der Waals surface area contributed by atoms with Crippen LogP contribution in [0.25, 0.3) is 0 Å². The molecule has 2 aromatic rings. The van der Waals surface area contributed by atoms with Gasteiger partial charge >= 0.3 is 0 Å². The molecule has 0 aromatic heterocycles. The molecule has 0 bridgehead atoms. The van der Waals surface area contributed by atoms with Crippen LogP contribution >= 0.6 is 12.2 Å². The highest BCUT2D eigenvalue weighted by molar-refractivity contribution is 7.80. The van der Waals surface area contributed by atoms with Gasteiger partial charge in [-0.2, -0.15) is 0 Å². The summed E-state index contributed by atoms with van der Waals surface area (Å²) in [4.78, 5) is 4.72. The molecule has 0 radical (unpaired) electrons. The lowest BCUT2D eigenvalue weighted by molar-refractivity contribution is 0.390. The van der Waals surface area contributed by atoms with Gasteiger partial charge in [-0.1, -0.05) is 30.3 Å². The third-order valence-corrected chi connectivity index (χ3v) is 4.66. The van der Waals surface area contributed by atoms with Gasteiger partial charge in [0, 0.05) is 37.6 Å². The van der Waals surface area contributed by atoms with Crippen molar-refractivity contribution in [2.45, 2.75) is 13.8 Å². The topological polar surface area (TPSA) is 18.5 Å². The Hall–Kier alpha value is -2.07. The minimum absolute atomic E-state index is 0.816.